The molecular formula is C36H39BrCl2O7. The largest absolute Gasteiger partial charge is 0.494 e. The molecule has 0 saturated carbocycles. The third-order valence-electron chi connectivity index (χ3n) is 7.56. The molecule has 1 fully saturated rings. The molecule has 5 rings (SSSR count). The summed E-state index contributed by atoms with van der Waals surface area (Å²) in [7, 11) is 0. The summed E-state index contributed by atoms with van der Waals surface area (Å²) in [6, 6.07) is 27.0. The number of hydrogen-bond acceptors (Lipinski definition) is 7. The van der Waals surface area contributed by atoms with Crippen LogP contribution in [0.2, 0.25) is 10.0 Å². The van der Waals surface area contributed by atoms with E-state index < -0.39 is 37.1 Å². The number of benzene rings is 4. The van der Waals surface area contributed by atoms with Gasteiger partial charge >= 0.3 is 0 Å². The Bertz CT molecular complexity index is 1530. The van der Waals surface area contributed by atoms with Gasteiger partial charge in [-0.25, -0.2) is 0 Å². The smallest absolute Gasteiger partial charge is 0.119 e. The summed E-state index contributed by atoms with van der Waals surface area (Å²) in [4.78, 5) is 0. The molecule has 0 aliphatic carbocycles. The van der Waals surface area contributed by atoms with Crippen molar-refractivity contribution in [3.63, 3.8) is 0 Å². The molecule has 0 amide bonds. The normalized spacial score (nSPS) is 20.8. The highest BCUT2D eigenvalue weighted by Gasteiger charge is 2.44. The lowest BCUT2D eigenvalue weighted by Gasteiger charge is -2.40. The molecule has 0 spiro atoms. The van der Waals surface area contributed by atoms with Crippen LogP contribution in [0.25, 0.3) is 0 Å². The fraction of sp³-hybridized carbons (Fsp3) is 0.333. The Morgan fingerprint density at radius 1 is 0.674 bits per heavy atom. The van der Waals surface area contributed by atoms with Gasteiger partial charge in [0.15, 0.2) is 0 Å². The average Bonchev–Trinajstić information content (AvgIpc) is 3.05. The first-order valence-corrected chi connectivity index (χ1v) is 16.6. The van der Waals surface area contributed by atoms with E-state index >= 15 is 0 Å². The molecule has 0 bridgehead atoms. The molecule has 246 valence electrons. The van der Waals surface area contributed by atoms with Gasteiger partial charge in [0.2, 0.25) is 0 Å². The number of aliphatic hydroxyl groups is 4. The lowest BCUT2D eigenvalue weighted by Crippen LogP contribution is -2.55. The van der Waals surface area contributed by atoms with Gasteiger partial charge in [0, 0.05) is 14.5 Å². The predicted octanol–water partition coefficient (Wildman–Crippen LogP) is 6.94. The monoisotopic (exact) mass is 732 g/mol. The van der Waals surface area contributed by atoms with E-state index in [1.54, 1.807) is 12.1 Å². The first-order chi connectivity index (χ1) is 22.1. The zero-order chi connectivity index (χ0) is 33.2. The summed E-state index contributed by atoms with van der Waals surface area (Å²) < 4.78 is 17.6. The Hall–Kier alpha value is -2.66. The molecule has 0 radical (unpaired) electrons. The Balaban J connectivity index is 0.000000230. The number of aliphatic hydroxyl groups excluding tert-OH is 4. The zero-order valence-electron chi connectivity index (χ0n) is 25.7. The molecule has 1 aliphatic rings. The van der Waals surface area contributed by atoms with E-state index in [-0.39, 0.29) is 0 Å². The molecule has 1 saturated heterocycles. The average molecular weight is 735 g/mol. The van der Waals surface area contributed by atoms with Crippen LogP contribution < -0.4 is 9.47 Å². The van der Waals surface area contributed by atoms with Gasteiger partial charge in [-0.05, 0) is 103 Å². The van der Waals surface area contributed by atoms with Crippen molar-refractivity contribution in [3.05, 3.63) is 127 Å². The van der Waals surface area contributed by atoms with Gasteiger partial charge < -0.3 is 34.6 Å². The number of ether oxygens (including phenoxy) is 3. The third-order valence-corrected chi connectivity index (χ3v) is 8.79. The van der Waals surface area contributed by atoms with Crippen molar-refractivity contribution in [1.82, 2.24) is 0 Å². The lowest BCUT2D eigenvalue weighted by molar-refractivity contribution is -0.231. The van der Waals surface area contributed by atoms with Crippen molar-refractivity contribution in [1.29, 1.82) is 0 Å². The quantitative estimate of drug-likeness (QED) is 0.140. The Kier molecular flexibility index (Phi) is 13.7. The minimum atomic E-state index is -1.42. The van der Waals surface area contributed by atoms with Crippen LogP contribution in [0.5, 0.6) is 11.5 Å². The van der Waals surface area contributed by atoms with Crippen LogP contribution in [-0.4, -0.2) is 64.7 Å². The van der Waals surface area contributed by atoms with Crippen LogP contribution in [0.3, 0.4) is 0 Å². The van der Waals surface area contributed by atoms with Crippen molar-refractivity contribution in [2.24, 2.45) is 0 Å². The molecule has 0 unspecified atom stereocenters. The highest BCUT2D eigenvalue weighted by Crippen LogP contribution is 2.34. The number of rotatable bonds is 10. The van der Waals surface area contributed by atoms with E-state index in [0.717, 1.165) is 44.1 Å². The summed E-state index contributed by atoms with van der Waals surface area (Å²) >= 11 is 16.0. The van der Waals surface area contributed by atoms with Gasteiger partial charge in [-0.3, -0.25) is 0 Å². The van der Waals surface area contributed by atoms with Gasteiger partial charge in [-0.1, -0.05) is 75.5 Å². The van der Waals surface area contributed by atoms with Gasteiger partial charge in [0.25, 0.3) is 0 Å². The van der Waals surface area contributed by atoms with Gasteiger partial charge in [-0.15, -0.1) is 0 Å². The van der Waals surface area contributed by atoms with Crippen LogP contribution >= 0.6 is 39.1 Å². The van der Waals surface area contributed by atoms with E-state index in [9.17, 15) is 20.4 Å². The van der Waals surface area contributed by atoms with E-state index in [1.807, 2.05) is 68.4 Å². The Morgan fingerprint density at radius 2 is 1.17 bits per heavy atom. The van der Waals surface area contributed by atoms with Crippen LogP contribution in [0.15, 0.2) is 89.4 Å². The van der Waals surface area contributed by atoms with Gasteiger partial charge in [0.1, 0.15) is 42.0 Å². The standard InChI is InChI=1S/C21H25ClO6.C15H14BrClO/c1-2-27-15-6-3-12(4-7-15)9-14-10-13(5-8-16(14)22)21-20(26)19(25)18(24)17(11-23)28-21;1-2-18-14-6-3-11(4-7-14)9-12-10-13(16)5-8-15(12)17/h3-8,10,17-21,23-26H,2,9,11H2,1H3;3-8,10H,2,9H2,1H3/t17-,18-,19+,20-,21+;/m1./s1. The molecular weight excluding hydrogens is 695 g/mol. The second-order valence-electron chi connectivity index (χ2n) is 10.8. The summed E-state index contributed by atoms with van der Waals surface area (Å²) in [5, 5.41) is 41.1. The summed E-state index contributed by atoms with van der Waals surface area (Å²) in [6.45, 7) is 4.74. The second kappa shape index (κ2) is 17.5. The SMILES string of the molecule is CCOc1ccc(Cc2cc(Br)ccc2Cl)cc1.CCOc1ccc(Cc2cc([C@@H]3O[C@H](CO)[C@@H](O)[C@H](O)[C@H]3O)ccc2Cl)cc1. The molecule has 1 heterocycles. The predicted molar refractivity (Wildman–Crippen MR) is 184 cm³/mol. The van der Waals surface area contributed by atoms with Crippen LogP contribution in [0, 0.1) is 0 Å². The highest BCUT2D eigenvalue weighted by molar-refractivity contribution is 9.10. The highest BCUT2D eigenvalue weighted by atomic mass is 79.9. The summed E-state index contributed by atoms with van der Waals surface area (Å²) in [6.07, 6.45) is -4.56. The first kappa shape index (κ1) is 36.2. The molecule has 4 aromatic carbocycles. The number of hydrogen-bond donors (Lipinski definition) is 4. The Morgan fingerprint density at radius 3 is 1.67 bits per heavy atom. The van der Waals surface area contributed by atoms with Crippen molar-refractivity contribution < 1.29 is 34.6 Å². The summed E-state index contributed by atoms with van der Waals surface area (Å²) in [5.41, 5.74) is 4.83. The zero-order valence-corrected chi connectivity index (χ0v) is 28.8. The fourth-order valence-electron chi connectivity index (χ4n) is 5.14. The minimum absolute atomic E-state index is 0.464. The molecule has 5 atom stereocenters. The lowest BCUT2D eigenvalue weighted by atomic mass is 9.90. The fourth-order valence-corrected chi connectivity index (χ4v) is 5.92. The van der Waals surface area contributed by atoms with E-state index in [2.05, 4.69) is 34.1 Å². The molecule has 1 aliphatic heterocycles. The van der Waals surface area contributed by atoms with Crippen molar-refractivity contribution in [3.8, 4) is 11.5 Å². The van der Waals surface area contributed by atoms with Gasteiger partial charge in [0.05, 0.1) is 19.8 Å². The van der Waals surface area contributed by atoms with Crippen LogP contribution in [0.4, 0.5) is 0 Å². The summed E-state index contributed by atoms with van der Waals surface area (Å²) in [5.74, 6) is 1.70. The molecule has 7 nitrogen and oxygen atoms in total. The van der Waals surface area contributed by atoms with E-state index in [0.29, 0.717) is 30.2 Å². The third kappa shape index (κ3) is 9.69. The van der Waals surface area contributed by atoms with Crippen molar-refractivity contribution in [2.45, 2.75) is 57.2 Å². The maximum absolute atomic E-state index is 10.3. The molecule has 46 heavy (non-hydrogen) atoms. The van der Waals surface area contributed by atoms with Crippen LogP contribution in [-0.2, 0) is 17.6 Å². The molecule has 10 heteroatoms. The molecule has 4 N–H and O–H groups in total. The van der Waals surface area contributed by atoms with Crippen molar-refractivity contribution >= 4 is 39.1 Å². The van der Waals surface area contributed by atoms with Crippen LogP contribution in [0.1, 0.15) is 47.8 Å². The molecule has 0 aromatic heterocycles. The Labute approximate surface area is 288 Å². The topological polar surface area (TPSA) is 109 Å². The maximum atomic E-state index is 10.3. The first-order valence-electron chi connectivity index (χ1n) is 15.1. The second-order valence-corrected chi connectivity index (χ2v) is 12.6. The van der Waals surface area contributed by atoms with E-state index in [1.165, 1.54) is 5.56 Å². The van der Waals surface area contributed by atoms with Crippen molar-refractivity contribution in [2.75, 3.05) is 19.8 Å². The van der Waals surface area contributed by atoms with Gasteiger partial charge in [-0.2, -0.15) is 0 Å². The minimum Gasteiger partial charge on any atom is -0.494 e. The number of halogens is 3. The van der Waals surface area contributed by atoms with E-state index in [4.69, 9.17) is 37.4 Å². The maximum Gasteiger partial charge on any atom is 0.119 e. The molecule has 4 aromatic rings.